The van der Waals surface area contributed by atoms with E-state index in [1.54, 1.807) is 6.08 Å². The van der Waals surface area contributed by atoms with Crippen molar-refractivity contribution in [3.8, 4) is 0 Å². The minimum atomic E-state index is -0.328. The van der Waals surface area contributed by atoms with E-state index in [9.17, 15) is 4.79 Å². The second-order valence-corrected chi connectivity index (χ2v) is 6.06. The summed E-state index contributed by atoms with van der Waals surface area (Å²) in [5.41, 5.74) is -0.421. The predicted molar refractivity (Wildman–Crippen MR) is 58.8 cm³/mol. The van der Waals surface area contributed by atoms with Gasteiger partial charge in [-0.1, -0.05) is 0 Å². The van der Waals surface area contributed by atoms with Gasteiger partial charge >= 0.3 is 101 Å². The SMILES string of the molecule is CC(C)(C)C(=O)/C=C(\[O][Sn])C(C)(C)C. The third kappa shape index (κ3) is 4.49. The molecule has 14 heavy (non-hydrogen) atoms. The molecule has 0 bridgehead atoms. The zero-order valence-electron chi connectivity index (χ0n) is 9.89. The maximum absolute atomic E-state index is 11.7. The zero-order chi connectivity index (χ0) is 11.6. The fourth-order valence-electron chi connectivity index (χ4n) is 0.735. The molecule has 0 atom stereocenters. The van der Waals surface area contributed by atoms with E-state index in [2.05, 4.69) is 0 Å². The van der Waals surface area contributed by atoms with Gasteiger partial charge in [-0.3, -0.25) is 0 Å². The number of ketones is 1. The first kappa shape index (κ1) is 14.0. The van der Waals surface area contributed by atoms with Gasteiger partial charge in [-0.15, -0.1) is 0 Å². The van der Waals surface area contributed by atoms with E-state index < -0.39 is 0 Å². The van der Waals surface area contributed by atoms with Gasteiger partial charge in [-0.05, 0) is 0 Å². The average molecular weight is 302 g/mol. The van der Waals surface area contributed by atoms with E-state index in [-0.39, 0.29) is 16.6 Å². The van der Waals surface area contributed by atoms with Crippen molar-refractivity contribution in [3.05, 3.63) is 11.8 Å². The number of carbonyl (C=O) groups excluding carboxylic acids is 1. The van der Waals surface area contributed by atoms with E-state index in [4.69, 9.17) is 3.07 Å². The summed E-state index contributed by atoms with van der Waals surface area (Å²) in [5, 5.41) is 0. The molecule has 0 aromatic heterocycles. The van der Waals surface area contributed by atoms with Crippen LogP contribution in [-0.2, 0) is 7.87 Å². The van der Waals surface area contributed by atoms with Crippen LogP contribution in [0.25, 0.3) is 0 Å². The molecule has 0 unspecified atom stereocenters. The van der Waals surface area contributed by atoms with Gasteiger partial charge in [0.1, 0.15) is 0 Å². The van der Waals surface area contributed by atoms with E-state index in [0.29, 0.717) is 0 Å². The second-order valence-electron chi connectivity index (χ2n) is 5.47. The number of hydrogen-bond acceptors (Lipinski definition) is 2. The van der Waals surface area contributed by atoms with E-state index >= 15 is 0 Å². The summed E-state index contributed by atoms with van der Waals surface area (Å²) < 4.78 is 5.31. The van der Waals surface area contributed by atoms with Crippen molar-refractivity contribution >= 4 is 28.7 Å². The van der Waals surface area contributed by atoms with E-state index in [0.717, 1.165) is 28.7 Å². The summed E-state index contributed by atoms with van der Waals surface area (Å²) in [4.78, 5) is 11.7. The molecule has 0 aliphatic rings. The first-order chi connectivity index (χ1) is 6.09. The van der Waals surface area contributed by atoms with Gasteiger partial charge < -0.3 is 0 Å². The van der Waals surface area contributed by atoms with Crippen LogP contribution in [0.3, 0.4) is 0 Å². The Morgan fingerprint density at radius 3 is 1.71 bits per heavy atom. The quantitative estimate of drug-likeness (QED) is 0.445. The Hall–Kier alpha value is 0.00870. The third-order valence-electron chi connectivity index (χ3n) is 1.85. The topological polar surface area (TPSA) is 26.3 Å². The minimum absolute atomic E-state index is 0.0929. The molecule has 0 aromatic carbocycles. The van der Waals surface area contributed by atoms with Crippen LogP contribution in [-0.4, -0.2) is 28.7 Å². The molecule has 0 N–H and O–H groups in total. The van der Waals surface area contributed by atoms with Crippen LogP contribution >= 0.6 is 0 Å². The molecule has 79 valence electrons. The van der Waals surface area contributed by atoms with Crippen LogP contribution in [0.2, 0.25) is 0 Å². The molecule has 0 rings (SSSR count). The van der Waals surface area contributed by atoms with E-state index in [1.807, 2.05) is 41.5 Å². The average Bonchev–Trinajstić information content (AvgIpc) is 1.95. The molecule has 3 radical (unpaired) electrons. The third-order valence-corrected chi connectivity index (χ3v) is 2.48. The van der Waals surface area contributed by atoms with Gasteiger partial charge in [0.25, 0.3) is 0 Å². The molecular weight excluding hydrogens is 283 g/mol. The van der Waals surface area contributed by atoms with Crippen LogP contribution in [0.4, 0.5) is 0 Å². The standard InChI is InChI=1S/C11H20O2.Sn/c1-10(2,3)8(12)7-9(13)11(4,5)6;/h7,12H,1-6H3;/q;+1/p-1/b8-7-;. The van der Waals surface area contributed by atoms with Crippen LogP contribution in [0, 0.1) is 10.8 Å². The van der Waals surface area contributed by atoms with Crippen LogP contribution in [0.15, 0.2) is 11.8 Å². The maximum atomic E-state index is 11.7. The first-order valence-corrected chi connectivity index (χ1v) is 5.85. The molecule has 0 aliphatic carbocycles. The molecule has 3 heteroatoms. The van der Waals surface area contributed by atoms with Gasteiger partial charge in [0.15, 0.2) is 0 Å². The number of allylic oxidation sites excluding steroid dienone is 2. The molecule has 0 spiro atoms. The number of hydrogen-bond donors (Lipinski definition) is 0. The molecule has 0 aliphatic heterocycles. The van der Waals surface area contributed by atoms with Crippen LogP contribution in [0.1, 0.15) is 41.5 Å². The van der Waals surface area contributed by atoms with Gasteiger partial charge in [-0.2, -0.15) is 0 Å². The van der Waals surface area contributed by atoms with Gasteiger partial charge in [-0.25, -0.2) is 0 Å². The fraction of sp³-hybridized carbons (Fsp3) is 0.727. The molecule has 2 nitrogen and oxygen atoms in total. The summed E-state index contributed by atoms with van der Waals surface area (Å²) in [5.74, 6) is 0.889. The van der Waals surface area contributed by atoms with Crippen LogP contribution in [0.5, 0.6) is 0 Å². The summed E-state index contributed by atoms with van der Waals surface area (Å²) in [6, 6.07) is 0. The Kier molecular flexibility index (Phi) is 4.69. The Morgan fingerprint density at radius 1 is 1.07 bits per heavy atom. The Bertz CT molecular complexity index is 241. The molecule has 0 amide bonds. The van der Waals surface area contributed by atoms with Gasteiger partial charge in [0.2, 0.25) is 0 Å². The normalized spacial score (nSPS) is 14.1. The summed E-state index contributed by atoms with van der Waals surface area (Å²) >= 11 is 0.970. The molecule has 0 fully saturated rings. The van der Waals surface area contributed by atoms with Gasteiger partial charge in [0.05, 0.1) is 0 Å². The predicted octanol–water partition coefficient (Wildman–Crippen LogP) is 2.63. The van der Waals surface area contributed by atoms with Crippen molar-refractivity contribution in [1.29, 1.82) is 0 Å². The van der Waals surface area contributed by atoms with Crippen molar-refractivity contribution < 1.29 is 7.87 Å². The summed E-state index contributed by atoms with van der Waals surface area (Å²) in [7, 11) is 0. The second kappa shape index (κ2) is 4.69. The number of rotatable bonds is 2. The van der Waals surface area contributed by atoms with Crippen molar-refractivity contribution in [2.45, 2.75) is 41.5 Å². The summed E-state index contributed by atoms with van der Waals surface area (Å²) in [6.45, 7) is 11.9. The molecular formula is C11H19O2Sn. The van der Waals surface area contributed by atoms with Crippen LogP contribution < -0.4 is 0 Å². The zero-order valence-corrected chi connectivity index (χ0v) is 12.7. The fourth-order valence-corrected chi connectivity index (χ4v) is 1.78. The Morgan fingerprint density at radius 2 is 1.50 bits per heavy atom. The Labute approximate surface area is 101 Å². The van der Waals surface area contributed by atoms with Crippen molar-refractivity contribution in [3.63, 3.8) is 0 Å². The van der Waals surface area contributed by atoms with Crippen molar-refractivity contribution in [2.24, 2.45) is 10.8 Å². The van der Waals surface area contributed by atoms with Gasteiger partial charge in [0, 0.05) is 0 Å². The number of carbonyl (C=O) groups is 1. The monoisotopic (exact) mass is 303 g/mol. The molecule has 0 aromatic rings. The van der Waals surface area contributed by atoms with Crippen molar-refractivity contribution in [1.82, 2.24) is 0 Å². The summed E-state index contributed by atoms with van der Waals surface area (Å²) in [6.07, 6.45) is 1.63. The van der Waals surface area contributed by atoms with E-state index in [1.165, 1.54) is 0 Å². The molecule has 0 saturated heterocycles. The molecule has 0 saturated carbocycles. The first-order valence-electron chi connectivity index (χ1n) is 4.69. The van der Waals surface area contributed by atoms with Crippen molar-refractivity contribution in [2.75, 3.05) is 0 Å². The molecule has 0 heterocycles. The Balaban J connectivity index is 4.89.